The molecule has 6 heteroatoms. The molecule has 0 aliphatic heterocycles. The highest BCUT2D eigenvalue weighted by Crippen LogP contribution is 2.25. The summed E-state index contributed by atoms with van der Waals surface area (Å²) in [6.45, 7) is 0. The van der Waals surface area contributed by atoms with Gasteiger partial charge in [0.2, 0.25) is 5.43 Å². The second-order valence-electron chi connectivity index (χ2n) is 6.17. The van der Waals surface area contributed by atoms with E-state index in [-0.39, 0.29) is 11.0 Å². The summed E-state index contributed by atoms with van der Waals surface area (Å²) in [7, 11) is 0. The number of anilines is 1. The Kier molecular flexibility index (Phi) is 3.93. The quantitative estimate of drug-likeness (QED) is 0.551. The van der Waals surface area contributed by atoms with Crippen LogP contribution >= 0.6 is 0 Å². The van der Waals surface area contributed by atoms with E-state index < -0.39 is 5.91 Å². The van der Waals surface area contributed by atoms with Gasteiger partial charge >= 0.3 is 0 Å². The van der Waals surface area contributed by atoms with Gasteiger partial charge in [-0.1, -0.05) is 6.07 Å². The molecule has 6 nitrogen and oxygen atoms in total. The number of nitrogens with zero attached hydrogens (tertiary/aromatic N) is 2. The predicted molar refractivity (Wildman–Crippen MR) is 106 cm³/mol. The first-order chi connectivity index (χ1) is 13.0. The number of benzene rings is 2. The van der Waals surface area contributed by atoms with E-state index in [0.29, 0.717) is 16.6 Å². The Bertz CT molecular complexity index is 1210. The number of hydrogen-bond donors (Lipinski definition) is 2. The molecule has 0 radical (unpaired) electrons. The van der Waals surface area contributed by atoms with Gasteiger partial charge in [0.05, 0.1) is 5.52 Å². The van der Waals surface area contributed by atoms with Crippen molar-refractivity contribution < 1.29 is 4.79 Å². The number of amides is 1. The molecule has 0 unspecified atom stereocenters. The van der Waals surface area contributed by atoms with Gasteiger partial charge in [-0.05, 0) is 59.7 Å². The fourth-order valence-electron chi connectivity index (χ4n) is 3.07. The highest BCUT2D eigenvalue weighted by atomic mass is 16.2. The first kappa shape index (κ1) is 16.5. The van der Waals surface area contributed by atoms with Crippen LogP contribution in [0.3, 0.4) is 0 Å². The van der Waals surface area contributed by atoms with Crippen molar-refractivity contribution in [3.8, 4) is 16.8 Å². The van der Waals surface area contributed by atoms with Gasteiger partial charge in [0.15, 0.2) is 0 Å². The zero-order valence-electron chi connectivity index (χ0n) is 14.3. The van der Waals surface area contributed by atoms with Crippen molar-refractivity contribution in [1.82, 2.24) is 9.55 Å². The number of hydrogen-bond acceptors (Lipinski definition) is 4. The lowest BCUT2D eigenvalue weighted by Gasteiger charge is -2.14. The molecule has 0 fully saturated rings. The van der Waals surface area contributed by atoms with E-state index in [0.717, 1.165) is 16.8 Å². The molecule has 2 aromatic heterocycles. The van der Waals surface area contributed by atoms with Crippen molar-refractivity contribution in [3.05, 3.63) is 89.0 Å². The summed E-state index contributed by atoms with van der Waals surface area (Å²) in [5.41, 5.74) is 14.7. The van der Waals surface area contributed by atoms with Crippen LogP contribution < -0.4 is 16.9 Å². The third kappa shape index (κ3) is 2.93. The predicted octanol–water partition coefficient (Wildman–Crippen LogP) is 2.73. The number of nitrogens with two attached hydrogens (primary N) is 2. The Morgan fingerprint density at radius 3 is 2.30 bits per heavy atom. The van der Waals surface area contributed by atoms with Crippen LogP contribution in [0.4, 0.5) is 5.69 Å². The van der Waals surface area contributed by atoms with Crippen LogP contribution in [0, 0.1) is 0 Å². The molecule has 4 N–H and O–H groups in total. The topological polar surface area (TPSA) is 104 Å². The number of rotatable bonds is 3. The Labute approximate surface area is 154 Å². The van der Waals surface area contributed by atoms with Crippen molar-refractivity contribution in [1.29, 1.82) is 0 Å². The standard InChI is InChI=1S/C21H16N4O2/c22-15-2-4-16(5-3-15)25-12-18(21(23)27)20(26)17-6-1-14(11-19(17)25)13-7-9-24-10-8-13/h1-12H,22H2,(H2,23,27). The summed E-state index contributed by atoms with van der Waals surface area (Å²) >= 11 is 0. The summed E-state index contributed by atoms with van der Waals surface area (Å²) in [5, 5.41) is 0.418. The molecule has 0 atom stereocenters. The lowest BCUT2D eigenvalue weighted by atomic mass is 10.0. The van der Waals surface area contributed by atoms with Gasteiger partial charge in [-0.3, -0.25) is 14.6 Å². The zero-order chi connectivity index (χ0) is 19.0. The molecule has 2 aromatic carbocycles. The largest absolute Gasteiger partial charge is 0.399 e. The molecule has 132 valence electrons. The minimum Gasteiger partial charge on any atom is -0.399 e. The summed E-state index contributed by atoms with van der Waals surface area (Å²) in [4.78, 5) is 28.5. The smallest absolute Gasteiger partial charge is 0.254 e. The maximum atomic E-state index is 12.7. The maximum Gasteiger partial charge on any atom is 0.254 e. The van der Waals surface area contributed by atoms with E-state index in [1.807, 2.05) is 36.4 Å². The van der Waals surface area contributed by atoms with Gasteiger partial charge < -0.3 is 16.0 Å². The molecule has 0 aliphatic rings. The van der Waals surface area contributed by atoms with Gasteiger partial charge in [0, 0.05) is 35.4 Å². The number of carbonyl (C=O) groups is 1. The average molecular weight is 356 g/mol. The maximum absolute atomic E-state index is 12.7. The Morgan fingerprint density at radius 1 is 0.926 bits per heavy atom. The van der Waals surface area contributed by atoms with E-state index in [2.05, 4.69) is 4.98 Å². The van der Waals surface area contributed by atoms with Crippen molar-refractivity contribution >= 4 is 22.5 Å². The summed E-state index contributed by atoms with van der Waals surface area (Å²) < 4.78 is 1.78. The minimum absolute atomic E-state index is 0.0593. The number of carbonyl (C=O) groups excluding carboxylic acids is 1. The van der Waals surface area contributed by atoms with Crippen molar-refractivity contribution in [2.45, 2.75) is 0 Å². The van der Waals surface area contributed by atoms with Crippen molar-refractivity contribution in [3.63, 3.8) is 0 Å². The lowest BCUT2D eigenvalue weighted by Crippen LogP contribution is -2.23. The second kappa shape index (κ2) is 6.42. The number of primary amides is 1. The van der Waals surface area contributed by atoms with E-state index >= 15 is 0 Å². The highest BCUT2D eigenvalue weighted by Gasteiger charge is 2.15. The molecule has 0 saturated carbocycles. The van der Waals surface area contributed by atoms with Gasteiger partial charge in [0.1, 0.15) is 5.56 Å². The van der Waals surface area contributed by atoms with Crippen LogP contribution in [0.15, 0.2) is 78.0 Å². The summed E-state index contributed by atoms with van der Waals surface area (Å²) in [6, 6.07) is 16.4. The van der Waals surface area contributed by atoms with Crippen LogP contribution in [-0.4, -0.2) is 15.5 Å². The molecule has 1 amide bonds. The number of nitrogen functional groups attached to an aromatic ring is 1. The molecular formula is C21H16N4O2. The molecule has 0 spiro atoms. The SMILES string of the molecule is NC(=O)c1cn(-c2ccc(N)cc2)c2cc(-c3ccncc3)ccc2c1=O. The summed E-state index contributed by atoms with van der Waals surface area (Å²) in [5.74, 6) is -0.760. The normalized spacial score (nSPS) is 10.8. The van der Waals surface area contributed by atoms with E-state index in [1.165, 1.54) is 6.20 Å². The molecule has 2 heterocycles. The number of pyridine rings is 2. The Morgan fingerprint density at radius 2 is 1.63 bits per heavy atom. The highest BCUT2D eigenvalue weighted by molar-refractivity contribution is 5.97. The van der Waals surface area contributed by atoms with Crippen LogP contribution in [-0.2, 0) is 0 Å². The number of fused-ring (bicyclic) bond motifs is 1. The van der Waals surface area contributed by atoms with Gasteiger partial charge in [-0.2, -0.15) is 0 Å². The van der Waals surface area contributed by atoms with Crippen LogP contribution in [0.25, 0.3) is 27.7 Å². The zero-order valence-corrected chi connectivity index (χ0v) is 14.3. The first-order valence-corrected chi connectivity index (χ1v) is 8.30. The molecule has 4 aromatic rings. The van der Waals surface area contributed by atoms with Crippen molar-refractivity contribution in [2.75, 3.05) is 5.73 Å². The fraction of sp³-hybridized carbons (Fsp3) is 0. The molecule has 0 saturated heterocycles. The summed E-state index contributed by atoms with van der Waals surface area (Å²) in [6.07, 6.45) is 4.90. The molecule has 27 heavy (non-hydrogen) atoms. The molecule has 4 rings (SSSR count). The third-order valence-corrected chi connectivity index (χ3v) is 4.46. The molecule has 0 aliphatic carbocycles. The Hall–Kier alpha value is -3.93. The average Bonchev–Trinajstić information content (AvgIpc) is 2.69. The van der Waals surface area contributed by atoms with Gasteiger partial charge in [-0.25, -0.2) is 0 Å². The molecule has 0 bridgehead atoms. The van der Waals surface area contributed by atoms with E-state index in [9.17, 15) is 9.59 Å². The molecular weight excluding hydrogens is 340 g/mol. The van der Waals surface area contributed by atoms with E-state index in [1.54, 1.807) is 35.2 Å². The third-order valence-electron chi connectivity index (χ3n) is 4.46. The first-order valence-electron chi connectivity index (χ1n) is 8.30. The van der Waals surface area contributed by atoms with Gasteiger partial charge in [-0.15, -0.1) is 0 Å². The monoisotopic (exact) mass is 356 g/mol. The lowest BCUT2D eigenvalue weighted by molar-refractivity contribution is 0.0999. The minimum atomic E-state index is -0.760. The van der Waals surface area contributed by atoms with E-state index in [4.69, 9.17) is 11.5 Å². The Balaban J connectivity index is 2.06. The second-order valence-corrected chi connectivity index (χ2v) is 6.17. The van der Waals surface area contributed by atoms with Crippen LogP contribution in [0.1, 0.15) is 10.4 Å². The van der Waals surface area contributed by atoms with Crippen LogP contribution in [0.5, 0.6) is 0 Å². The van der Waals surface area contributed by atoms with Crippen LogP contribution in [0.2, 0.25) is 0 Å². The van der Waals surface area contributed by atoms with Gasteiger partial charge in [0.25, 0.3) is 5.91 Å². The fourth-order valence-corrected chi connectivity index (χ4v) is 3.07. The van der Waals surface area contributed by atoms with Crippen molar-refractivity contribution in [2.24, 2.45) is 5.73 Å². The number of aromatic nitrogens is 2.